The lowest BCUT2D eigenvalue weighted by Crippen LogP contribution is -2.49. The summed E-state index contributed by atoms with van der Waals surface area (Å²) < 4.78 is 42.1. The molecule has 3 aromatic rings. The minimum Gasteiger partial charge on any atom is -0.352 e. The summed E-state index contributed by atoms with van der Waals surface area (Å²) >= 11 is 0. The zero-order valence-electron chi connectivity index (χ0n) is 16.6. The number of anilines is 2. The van der Waals surface area contributed by atoms with Gasteiger partial charge in [0.25, 0.3) is 0 Å². The maximum absolute atomic E-state index is 14.2. The van der Waals surface area contributed by atoms with Crippen molar-refractivity contribution < 1.29 is 18.0 Å². The molecule has 4 rings (SSSR count). The summed E-state index contributed by atoms with van der Waals surface area (Å²) in [6.07, 6.45) is 2.68. The largest absolute Gasteiger partial charge is 0.352 e. The number of carbonyl (C=O) groups excluding carboxylic acids is 1. The van der Waals surface area contributed by atoms with Crippen molar-refractivity contribution in [3.63, 3.8) is 0 Å². The number of carbonyl (C=O) groups is 1. The predicted molar refractivity (Wildman–Crippen MR) is 108 cm³/mol. The summed E-state index contributed by atoms with van der Waals surface area (Å²) in [5.74, 6) is -0.877. The number of hydrogen-bond donors (Lipinski definition) is 1. The fourth-order valence-electron chi connectivity index (χ4n) is 3.70. The van der Waals surface area contributed by atoms with E-state index in [2.05, 4.69) is 25.5 Å². The van der Waals surface area contributed by atoms with Crippen LogP contribution in [0.15, 0.2) is 42.7 Å². The quantitative estimate of drug-likeness (QED) is 0.582. The zero-order chi connectivity index (χ0) is 22.0. The number of hydrogen-bond acceptors (Lipinski definition) is 6. The minimum atomic E-state index is -1.02. The fraction of sp³-hybridized carbons (Fsp3) is 0.286. The van der Waals surface area contributed by atoms with Crippen LogP contribution in [0.3, 0.4) is 0 Å². The molecular weight excluding hydrogens is 409 g/mol. The number of halogens is 3. The van der Waals surface area contributed by atoms with Gasteiger partial charge in [-0.15, -0.1) is 10.2 Å². The standard InChI is InChI=1S/C21H19F3N6O/c1-30(12-31)14-4-5-16(23)15(7-14)18-10-26-20(29-28-18)27-11-21(8-13(22)9-21)19-17(24)3-2-6-25-19/h2-7,10,12-13H,8-9,11H2,1H3,(H,26,27,29). The van der Waals surface area contributed by atoms with E-state index in [1.54, 1.807) is 7.05 Å². The molecule has 1 amide bonds. The number of amides is 1. The van der Waals surface area contributed by atoms with Gasteiger partial charge in [-0.2, -0.15) is 0 Å². The van der Waals surface area contributed by atoms with Gasteiger partial charge in [0.05, 0.1) is 11.9 Å². The van der Waals surface area contributed by atoms with E-state index in [0.717, 1.165) is 0 Å². The summed E-state index contributed by atoms with van der Waals surface area (Å²) in [6.45, 7) is 0.177. The lowest BCUT2D eigenvalue weighted by molar-refractivity contribution is -0.107. The first kappa shape index (κ1) is 20.7. The molecule has 1 aromatic carbocycles. The molecule has 1 N–H and O–H groups in total. The number of pyridine rings is 1. The summed E-state index contributed by atoms with van der Waals surface area (Å²) in [5.41, 5.74) is 0.220. The van der Waals surface area contributed by atoms with Gasteiger partial charge in [0.2, 0.25) is 12.4 Å². The van der Waals surface area contributed by atoms with E-state index >= 15 is 0 Å². The van der Waals surface area contributed by atoms with Crippen LogP contribution in [-0.4, -0.2) is 46.3 Å². The minimum absolute atomic E-state index is 0.141. The van der Waals surface area contributed by atoms with Gasteiger partial charge in [0.1, 0.15) is 23.5 Å². The molecule has 2 aromatic heterocycles. The van der Waals surface area contributed by atoms with Crippen LogP contribution in [0.1, 0.15) is 18.5 Å². The molecule has 1 aliphatic carbocycles. The van der Waals surface area contributed by atoms with Crippen LogP contribution in [0.2, 0.25) is 0 Å². The molecule has 31 heavy (non-hydrogen) atoms. The molecule has 2 heterocycles. The Labute approximate surface area is 176 Å². The Morgan fingerprint density at radius 2 is 2.00 bits per heavy atom. The average Bonchev–Trinajstić information content (AvgIpc) is 2.76. The highest BCUT2D eigenvalue weighted by molar-refractivity contribution is 5.77. The van der Waals surface area contributed by atoms with Gasteiger partial charge in [-0.1, -0.05) is 0 Å². The van der Waals surface area contributed by atoms with Crippen molar-refractivity contribution in [2.45, 2.75) is 24.4 Å². The van der Waals surface area contributed by atoms with E-state index in [0.29, 0.717) is 12.1 Å². The molecule has 0 bridgehead atoms. The molecule has 0 radical (unpaired) electrons. The third-order valence-corrected chi connectivity index (χ3v) is 5.42. The van der Waals surface area contributed by atoms with E-state index in [4.69, 9.17) is 0 Å². The van der Waals surface area contributed by atoms with Crippen LogP contribution in [0.4, 0.5) is 24.8 Å². The number of rotatable bonds is 7. The average molecular weight is 428 g/mol. The smallest absolute Gasteiger partial charge is 0.242 e. The van der Waals surface area contributed by atoms with Gasteiger partial charge in [-0.25, -0.2) is 18.2 Å². The lowest BCUT2D eigenvalue weighted by Gasteiger charge is -2.43. The highest BCUT2D eigenvalue weighted by atomic mass is 19.1. The third kappa shape index (κ3) is 4.05. The Balaban J connectivity index is 1.52. The molecule has 0 spiro atoms. The molecule has 1 aliphatic rings. The van der Waals surface area contributed by atoms with Crippen LogP contribution in [0, 0.1) is 11.6 Å². The van der Waals surface area contributed by atoms with Gasteiger partial charge < -0.3 is 10.2 Å². The molecule has 0 atom stereocenters. The monoisotopic (exact) mass is 428 g/mol. The van der Waals surface area contributed by atoms with Crippen molar-refractivity contribution in [1.82, 2.24) is 20.2 Å². The molecular formula is C21H19F3N6O. The molecule has 0 saturated heterocycles. The van der Waals surface area contributed by atoms with E-state index in [1.165, 1.54) is 47.6 Å². The van der Waals surface area contributed by atoms with Crippen molar-refractivity contribution in [3.05, 3.63) is 60.1 Å². The van der Waals surface area contributed by atoms with Crippen LogP contribution < -0.4 is 10.2 Å². The molecule has 10 heteroatoms. The maximum atomic E-state index is 14.2. The Hall–Kier alpha value is -3.56. The van der Waals surface area contributed by atoms with Gasteiger partial charge in [0, 0.05) is 36.5 Å². The van der Waals surface area contributed by atoms with Crippen LogP contribution in [0.25, 0.3) is 11.3 Å². The van der Waals surface area contributed by atoms with Crippen molar-refractivity contribution in [3.8, 4) is 11.3 Å². The Morgan fingerprint density at radius 1 is 1.19 bits per heavy atom. The summed E-state index contributed by atoms with van der Waals surface area (Å²) in [5, 5.41) is 10.9. The number of aromatic nitrogens is 4. The first-order valence-corrected chi connectivity index (χ1v) is 9.58. The lowest BCUT2D eigenvalue weighted by atomic mass is 9.65. The van der Waals surface area contributed by atoms with E-state index in [1.807, 2.05) is 0 Å². The summed E-state index contributed by atoms with van der Waals surface area (Å²) in [6, 6.07) is 6.95. The Kier molecular flexibility index (Phi) is 5.53. The fourth-order valence-corrected chi connectivity index (χ4v) is 3.70. The van der Waals surface area contributed by atoms with Gasteiger partial charge >= 0.3 is 0 Å². The Morgan fingerprint density at radius 3 is 2.65 bits per heavy atom. The predicted octanol–water partition coefficient (Wildman–Crippen LogP) is 3.29. The van der Waals surface area contributed by atoms with E-state index < -0.39 is 23.2 Å². The highest BCUT2D eigenvalue weighted by Gasteiger charge is 2.48. The summed E-state index contributed by atoms with van der Waals surface area (Å²) in [7, 11) is 1.55. The van der Waals surface area contributed by atoms with Crippen LogP contribution in [0.5, 0.6) is 0 Å². The summed E-state index contributed by atoms with van der Waals surface area (Å²) in [4.78, 5) is 20.5. The number of nitrogens with one attached hydrogen (secondary N) is 1. The second-order valence-electron chi connectivity index (χ2n) is 7.52. The van der Waals surface area contributed by atoms with Crippen LogP contribution >= 0.6 is 0 Å². The zero-order valence-corrected chi connectivity index (χ0v) is 16.6. The molecule has 7 nitrogen and oxygen atoms in total. The number of alkyl halides is 1. The first-order chi connectivity index (χ1) is 14.9. The van der Waals surface area contributed by atoms with Crippen molar-refractivity contribution in [2.24, 2.45) is 0 Å². The van der Waals surface area contributed by atoms with Crippen molar-refractivity contribution >= 4 is 18.0 Å². The van der Waals surface area contributed by atoms with Gasteiger partial charge in [-0.05, 0) is 43.2 Å². The second-order valence-corrected chi connectivity index (χ2v) is 7.52. The van der Waals surface area contributed by atoms with Crippen LogP contribution in [-0.2, 0) is 10.2 Å². The van der Waals surface area contributed by atoms with Gasteiger partial charge in [-0.3, -0.25) is 9.78 Å². The highest BCUT2D eigenvalue weighted by Crippen LogP contribution is 2.45. The maximum Gasteiger partial charge on any atom is 0.242 e. The number of nitrogens with zero attached hydrogens (tertiary/aromatic N) is 5. The Bertz CT molecular complexity index is 1090. The molecule has 1 fully saturated rings. The topological polar surface area (TPSA) is 83.9 Å². The van der Waals surface area contributed by atoms with Gasteiger partial charge in [0.15, 0.2) is 0 Å². The van der Waals surface area contributed by atoms with Crippen molar-refractivity contribution in [1.29, 1.82) is 0 Å². The third-order valence-electron chi connectivity index (χ3n) is 5.42. The normalized spacial score (nSPS) is 20.1. The van der Waals surface area contributed by atoms with E-state index in [9.17, 15) is 18.0 Å². The molecule has 0 unspecified atom stereocenters. The number of benzene rings is 1. The first-order valence-electron chi connectivity index (χ1n) is 9.58. The molecule has 0 aliphatic heterocycles. The molecule has 160 valence electrons. The molecule has 1 saturated carbocycles. The SMILES string of the molecule is CN(C=O)c1ccc(F)c(-c2cnc(NCC3(c4ncccc4F)CC(F)C3)nn2)c1. The van der Waals surface area contributed by atoms with E-state index in [-0.39, 0.29) is 42.3 Å². The second kappa shape index (κ2) is 8.29. The van der Waals surface area contributed by atoms with Crippen molar-refractivity contribution in [2.75, 3.05) is 23.8 Å².